The summed E-state index contributed by atoms with van der Waals surface area (Å²) in [5, 5.41) is 2.70. The number of alkyl halides is 3. The van der Waals surface area contributed by atoms with Gasteiger partial charge < -0.3 is 19.5 Å². The van der Waals surface area contributed by atoms with Crippen LogP contribution in [0.2, 0.25) is 0 Å². The van der Waals surface area contributed by atoms with E-state index in [1.54, 1.807) is 25.7 Å². The maximum absolute atomic E-state index is 12.8. The van der Waals surface area contributed by atoms with Crippen molar-refractivity contribution in [2.24, 2.45) is 0 Å². The standard InChI is InChI=1S/C18H24F3N3O4/c1-17(2,3)28-16(27)23-9-6-12(7-10-23)22-14(25)11-24-8-4-5-13(15(24)26)18(19,20)21/h4-5,8,12H,6-7,9-11H2,1-3H3,(H,22,25). The summed E-state index contributed by atoms with van der Waals surface area (Å²) < 4.78 is 44.4. The summed E-state index contributed by atoms with van der Waals surface area (Å²) in [6, 6.07) is 1.53. The number of halogens is 3. The van der Waals surface area contributed by atoms with Gasteiger partial charge in [-0.3, -0.25) is 9.59 Å². The van der Waals surface area contributed by atoms with Crippen LogP contribution >= 0.6 is 0 Å². The molecule has 0 atom stereocenters. The van der Waals surface area contributed by atoms with Gasteiger partial charge in [0, 0.05) is 25.3 Å². The molecule has 156 valence electrons. The van der Waals surface area contributed by atoms with Gasteiger partial charge in [0.15, 0.2) is 0 Å². The lowest BCUT2D eigenvalue weighted by atomic mass is 10.1. The number of aromatic nitrogens is 1. The fourth-order valence-corrected chi connectivity index (χ4v) is 2.84. The quantitative estimate of drug-likeness (QED) is 0.840. The number of pyridine rings is 1. The van der Waals surface area contributed by atoms with Crippen molar-refractivity contribution in [3.63, 3.8) is 0 Å². The van der Waals surface area contributed by atoms with E-state index in [9.17, 15) is 27.6 Å². The minimum Gasteiger partial charge on any atom is -0.444 e. The molecule has 0 aliphatic carbocycles. The molecule has 0 aromatic carbocycles. The predicted molar refractivity (Wildman–Crippen MR) is 94.7 cm³/mol. The number of carbonyl (C=O) groups is 2. The van der Waals surface area contributed by atoms with Crippen LogP contribution in [-0.4, -0.2) is 46.2 Å². The first-order valence-corrected chi connectivity index (χ1v) is 8.91. The number of amides is 2. The molecular formula is C18H24F3N3O4. The van der Waals surface area contributed by atoms with Crippen LogP contribution in [0.4, 0.5) is 18.0 Å². The van der Waals surface area contributed by atoms with Crippen LogP contribution < -0.4 is 10.9 Å². The zero-order valence-corrected chi connectivity index (χ0v) is 16.0. The average Bonchev–Trinajstić information content (AvgIpc) is 2.54. The van der Waals surface area contributed by atoms with Crippen molar-refractivity contribution in [3.8, 4) is 0 Å². The molecular weight excluding hydrogens is 379 g/mol. The third kappa shape index (κ3) is 6.00. The molecule has 1 aromatic rings. The van der Waals surface area contributed by atoms with E-state index in [1.807, 2.05) is 0 Å². The molecule has 1 aromatic heterocycles. The predicted octanol–water partition coefficient (Wildman–Crippen LogP) is 2.38. The normalized spacial score (nSPS) is 16.0. The summed E-state index contributed by atoms with van der Waals surface area (Å²) in [6.07, 6.45) is -3.08. The summed E-state index contributed by atoms with van der Waals surface area (Å²) in [6.45, 7) is 5.59. The highest BCUT2D eigenvalue weighted by atomic mass is 19.4. The third-order valence-electron chi connectivity index (χ3n) is 4.15. The fraction of sp³-hybridized carbons (Fsp3) is 0.611. The van der Waals surface area contributed by atoms with E-state index in [0.717, 1.165) is 16.8 Å². The summed E-state index contributed by atoms with van der Waals surface area (Å²) in [5.74, 6) is -0.558. The Morgan fingerprint density at radius 2 is 1.82 bits per heavy atom. The number of hydrogen-bond acceptors (Lipinski definition) is 4. The van der Waals surface area contributed by atoms with Crippen LogP contribution in [-0.2, 0) is 22.3 Å². The van der Waals surface area contributed by atoms with Gasteiger partial charge in [0.2, 0.25) is 5.91 Å². The highest BCUT2D eigenvalue weighted by Crippen LogP contribution is 2.26. The van der Waals surface area contributed by atoms with Gasteiger partial charge in [0.25, 0.3) is 5.56 Å². The maximum atomic E-state index is 12.8. The lowest BCUT2D eigenvalue weighted by Crippen LogP contribution is -2.48. The van der Waals surface area contributed by atoms with Crippen molar-refractivity contribution in [2.45, 2.75) is 58.0 Å². The molecule has 1 aliphatic rings. The molecule has 2 amide bonds. The Kier molecular flexibility index (Phi) is 6.41. The Morgan fingerprint density at radius 3 is 2.36 bits per heavy atom. The molecule has 0 radical (unpaired) electrons. The van der Waals surface area contributed by atoms with Crippen LogP contribution in [0, 0.1) is 0 Å². The van der Waals surface area contributed by atoms with Crippen molar-refractivity contribution >= 4 is 12.0 Å². The minimum atomic E-state index is -4.77. The number of nitrogens with one attached hydrogen (secondary N) is 1. The summed E-state index contributed by atoms with van der Waals surface area (Å²) in [7, 11) is 0. The van der Waals surface area contributed by atoms with Gasteiger partial charge in [0.1, 0.15) is 17.7 Å². The van der Waals surface area contributed by atoms with Crippen molar-refractivity contribution in [1.82, 2.24) is 14.8 Å². The Bertz CT molecular complexity index is 776. The van der Waals surface area contributed by atoms with Gasteiger partial charge in [0.05, 0.1) is 0 Å². The third-order valence-corrected chi connectivity index (χ3v) is 4.15. The van der Waals surface area contributed by atoms with Gasteiger partial charge in [-0.15, -0.1) is 0 Å². The van der Waals surface area contributed by atoms with E-state index < -0.39 is 41.4 Å². The maximum Gasteiger partial charge on any atom is 0.421 e. The Balaban J connectivity index is 1.89. The van der Waals surface area contributed by atoms with E-state index in [1.165, 1.54) is 0 Å². The first kappa shape index (κ1) is 21.8. The Labute approximate surface area is 160 Å². The zero-order chi connectivity index (χ0) is 21.1. The minimum absolute atomic E-state index is 0.229. The van der Waals surface area contributed by atoms with Crippen LogP contribution in [0.1, 0.15) is 39.2 Å². The SMILES string of the molecule is CC(C)(C)OC(=O)N1CCC(NC(=O)Cn2cccc(C(F)(F)F)c2=O)CC1. The van der Waals surface area contributed by atoms with E-state index in [-0.39, 0.29) is 6.04 Å². The molecule has 1 fully saturated rings. The number of carbonyl (C=O) groups excluding carboxylic acids is 2. The molecule has 0 saturated carbocycles. The number of hydrogen-bond donors (Lipinski definition) is 1. The molecule has 7 nitrogen and oxygen atoms in total. The van der Waals surface area contributed by atoms with E-state index >= 15 is 0 Å². The molecule has 2 rings (SSSR count). The number of piperidine rings is 1. The topological polar surface area (TPSA) is 80.6 Å². The molecule has 10 heteroatoms. The molecule has 1 aliphatic heterocycles. The van der Waals surface area contributed by atoms with Gasteiger partial charge in [-0.1, -0.05) is 0 Å². The highest BCUT2D eigenvalue weighted by molar-refractivity contribution is 5.76. The number of ether oxygens (including phenoxy) is 1. The summed E-state index contributed by atoms with van der Waals surface area (Å²) in [4.78, 5) is 37.6. The molecule has 1 saturated heterocycles. The Hall–Kier alpha value is -2.52. The molecule has 1 N–H and O–H groups in total. The summed E-state index contributed by atoms with van der Waals surface area (Å²) >= 11 is 0. The fourth-order valence-electron chi connectivity index (χ4n) is 2.84. The van der Waals surface area contributed by atoms with Gasteiger partial charge in [-0.05, 0) is 45.7 Å². The first-order valence-electron chi connectivity index (χ1n) is 8.91. The largest absolute Gasteiger partial charge is 0.444 e. The molecule has 0 unspecified atom stereocenters. The van der Waals surface area contributed by atoms with E-state index in [2.05, 4.69) is 5.32 Å². The van der Waals surface area contributed by atoms with Crippen molar-refractivity contribution in [2.75, 3.05) is 13.1 Å². The van der Waals surface area contributed by atoms with Crippen molar-refractivity contribution in [1.29, 1.82) is 0 Å². The molecule has 28 heavy (non-hydrogen) atoms. The number of nitrogens with zero attached hydrogens (tertiary/aromatic N) is 2. The first-order chi connectivity index (χ1) is 12.9. The van der Waals surface area contributed by atoms with Gasteiger partial charge in [-0.25, -0.2) is 4.79 Å². The highest BCUT2D eigenvalue weighted by Gasteiger charge is 2.34. The van der Waals surface area contributed by atoms with Crippen molar-refractivity contribution in [3.05, 3.63) is 34.2 Å². The lowest BCUT2D eigenvalue weighted by molar-refractivity contribution is -0.139. The average molecular weight is 403 g/mol. The number of likely N-dealkylation sites (tertiary alicyclic amines) is 1. The second-order valence-electron chi connectivity index (χ2n) is 7.66. The number of rotatable bonds is 3. The van der Waals surface area contributed by atoms with Crippen LogP contribution in [0.3, 0.4) is 0 Å². The van der Waals surface area contributed by atoms with E-state index in [0.29, 0.717) is 32.0 Å². The lowest BCUT2D eigenvalue weighted by Gasteiger charge is -2.33. The van der Waals surface area contributed by atoms with Crippen LogP contribution in [0.25, 0.3) is 0 Å². The summed E-state index contributed by atoms with van der Waals surface area (Å²) in [5.41, 5.74) is -3.17. The smallest absolute Gasteiger partial charge is 0.421 e. The second-order valence-corrected chi connectivity index (χ2v) is 7.66. The van der Waals surface area contributed by atoms with Crippen LogP contribution in [0.5, 0.6) is 0 Å². The molecule has 0 spiro atoms. The molecule has 2 heterocycles. The monoisotopic (exact) mass is 403 g/mol. The van der Waals surface area contributed by atoms with Crippen LogP contribution in [0.15, 0.2) is 23.1 Å². The second kappa shape index (κ2) is 8.24. The van der Waals surface area contributed by atoms with Crippen molar-refractivity contribution < 1.29 is 27.5 Å². The Morgan fingerprint density at radius 1 is 1.21 bits per heavy atom. The van der Waals surface area contributed by atoms with Gasteiger partial charge >= 0.3 is 12.3 Å². The van der Waals surface area contributed by atoms with E-state index in [4.69, 9.17) is 4.74 Å². The van der Waals surface area contributed by atoms with Gasteiger partial charge in [-0.2, -0.15) is 13.2 Å². The molecule has 0 bridgehead atoms. The zero-order valence-electron chi connectivity index (χ0n) is 16.0.